The van der Waals surface area contributed by atoms with Gasteiger partial charge < -0.3 is 20.8 Å². The molecule has 0 heterocycles. The molecule has 2 atom stereocenters. The lowest BCUT2D eigenvalue weighted by Crippen LogP contribution is -2.49. The maximum Gasteiger partial charge on any atom is 0.328 e. The summed E-state index contributed by atoms with van der Waals surface area (Å²) in [5, 5.41) is 22.1. The van der Waals surface area contributed by atoms with Crippen molar-refractivity contribution in [1.29, 1.82) is 0 Å². The number of aliphatic hydroxyl groups excluding tert-OH is 1. The zero-order valence-corrected chi connectivity index (χ0v) is 10.6. The molecule has 0 spiro atoms. The molecule has 8 heteroatoms. The van der Waals surface area contributed by atoms with Crippen molar-refractivity contribution in [3.8, 4) is 0 Å². The molecule has 0 aliphatic carbocycles. The summed E-state index contributed by atoms with van der Waals surface area (Å²) in [6, 6.07) is 1.20. The van der Waals surface area contributed by atoms with Crippen LogP contribution in [-0.4, -0.2) is 34.4 Å². The number of urea groups is 1. The highest BCUT2D eigenvalue weighted by atomic mass is 35.5. The number of carbonyl (C=O) groups is 2. The molecule has 1 rings (SSSR count). The Bertz CT molecular complexity index is 496. The maximum atomic E-state index is 12.9. The zero-order valence-electron chi connectivity index (χ0n) is 9.85. The topological polar surface area (TPSA) is 98.7 Å². The first-order valence-electron chi connectivity index (χ1n) is 5.24. The van der Waals surface area contributed by atoms with Gasteiger partial charge in [-0.3, -0.25) is 0 Å². The number of hydrogen-bond acceptors (Lipinski definition) is 3. The van der Waals surface area contributed by atoms with Crippen LogP contribution in [0, 0.1) is 5.82 Å². The number of aliphatic hydroxyl groups is 1. The van der Waals surface area contributed by atoms with Gasteiger partial charge >= 0.3 is 12.0 Å². The monoisotopic (exact) mass is 290 g/mol. The fraction of sp³-hybridized carbons (Fsp3) is 0.273. The lowest BCUT2D eigenvalue weighted by Gasteiger charge is -2.17. The number of rotatable bonds is 4. The molecule has 4 N–H and O–H groups in total. The number of hydrogen-bond donors (Lipinski definition) is 4. The Labute approximate surface area is 113 Å². The summed E-state index contributed by atoms with van der Waals surface area (Å²) in [6.45, 7) is 1.23. The quantitative estimate of drug-likeness (QED) is 0.674. The molecule has 104 valence electrons. The van der Waals surface area contributed by atoms with E-state index in [9.17, 15) is 19.1 Å². The third-order valence-corrected chi connectivity index (χ3v) is 2.50. The van der Waals surface area contributed by atoms with Gasteiger partial charge in [0.1, 0.15) is 5.82 Å². The molecule has 0 saturated carbocycles. The summed E-state index contributed by atoms with van der Waals surface area (Å²) in [7, 11) is 0. The van der Waals surface area contributed by atoms with Crippen LogP contribution in [-0.2, 0) is 4.79 Å². The van der Waals surface area contributed by atoms with Crippen molar-refractivity contribution < 1.29 is 24.2 Å². The number of carbonyl (C=O) groups excluding carboxylic acids is 1. The third kappa shape index (κ3) is 4.38. The molecule has 0 saturated heterocycles. The molecule has 0 aliphatic rings. The minimum atomic E-state index is -1.45. The second-order valence-corrected chi connectivity index (χ2v) is 4.19. The first kappa shape index (κ1) is 15.2. The molecule has 19 heavy (non-hydrogen) atoms. The highest BCUT2D eigenvalue weighted by Crippen LogP contribution is 2.19. The van der Waals surface area contributed by atoms with Crippen molar-refractivity contribution in [2.24, 2.45) is 0 Å². The summed E-state index contributed by atoms with van der Waals surface area (Å²) < 4.78 is 12.9. The van der Waals surface area contributed by atoms with Gasteiger partial charge in [0, 0.05) is 5.69 Å². The van der Waals surface area contributed by atoms with Crippen molar-refractivity contribution in [2.75, 3.05) is 5.32 Å². The Morgan fingerprint density at radius 3 is 2.53 bits per heavy atom. The standard InChI is InChI=1S/C11H12ClFN2O4/c1-5(16)9(10(17)18)15-11(19)14-6-2-3-8(13)7(12)4-6/h2-5,9,16H,1H3,(H,17,18)(H2,14,15,19). The van der Waals surface area contributed by atoms with Crippen LogP contribution in [0.1, 0.15) is 6.92 Å². The third-order valence-electron chi connectivity index (χ3n) is 2.21. The van der Waals surface area contributed by atoms with E-state index in [2.05, 4.69) is 10.6 Å². The van der Waals surface area contributed by atoms with Crippen LogP contribution in [0.5, 0.6) is 0 Å². The van der Waals surface area contributed by atoms with Gasteiger partial charge in [0.25, 0.3) is 0 Å². The lowest BCUT2D eigenvalue weighted by molar-refractivity contribution is -0.141. The molecular weight excluding hydrogens is 279 g/mol. The van der Waals surface area contributed by atoms with E-state index in [4.69, 9.17) is 16.7 Å². The average molecular weight is 291 g/mol. The van der Waals surface area contributed by atoms with Gasteiger partial charge in [-0.25, -0.2) is 14.0 Å². The van der Waals surface area contributed by atoms with Crippen molar-refractivity contribution in [3.05, 3.63) is 29.0 Å². The Hall–Kier alpha value is -1.86. The van der Waals surface area contributed by atoms with Crippen molar-refractivity contribution in [2.45, 2.75) is 19.1 Å². The first-order valence-corrected chi connectivity index (χ1v) is 5.62. The predicted molar refractivity (Wildman–Crippen MR) is 66.7 cm³/mol. The van der Waals surface area contributed by atoms with E-state index in [0.717, 1.165) is 6.07 Å². The summed E-state index contributed by atoms with van der Waals surface area (Å²) in [5.41, 5.74) is 0.193. The number of aliphatic carboxylic acids is 1. The van der Waals surface area contributed by atoms with Crippen molar-refractivity contribution in [1.82, 2.24) is 5.32 Å². The maximum absolute atomic E-state index is 12.9. The SMILES string of the molecule is CC(O)C(NC(=O)Nc1ccc(F)c(Cl)c1)C(=O)O. The molecule has 0 bridgehead atoms. The molecule has 1 aromatic carbocycles. The smallest absolute Gasteiger partial charge is 0.328 e. The number of nitrogens with one attached hydrogen (secondary N) is 2. The van der Waals surface area contributed by atoms with Crippen LogP contribution in [0.15, 0.2) is 18.2 Å². The van der Waals surface area contributed by atoms with E-state index in [-0.39, 0.29) is 10.7 Å². The second kappa shape index (κ2) is 6.35. The molecule has 0 aromatic heterocycles. The summed E-state index contributed by atoms with van der Waals surface area (Å²) >= 11 is 5.52. The Kier molecular flexibility index (Phi) is 5.08. The van der Waals surface area contributed by atoms with Gasteiger partial charge in [0.05, 0.1) is 11.1 Å². The zero-order chi connectivity index (χ0) is 14.6. The number of carboxylic acid groups (broad SMARTS) is 1. The van der Waals surface area contributed by atoms with Gasteiger partial charge in [-0.05, 0) is 25.1 Å². The number of anilines is 1. The van der Waals surface area contributed by atoms with E-state index in [1.165, 1.54) is 19.1 Å². The fourth-order valence-corrected chi connectivity index (χ4v) is 1.45. The number of halogens is 2. The summed E-state index contributed by atoms with van der Waals surface area (Å²) in [4.78, 5) is 22.2. The number of amides is 2. The number of benzene rings is 1. The Morgan fingerprint density at radius 2 is 2.05 bits per heavy atom. The van der Waals surface area contributed by atoms with E-state index in [0.29, 0.717) is 0 Å². The lowest BCUT2D eigenvalue weighted by atomic mass is 10.2. The van der Waals surface area contributed by atoms with Crippen molar-refractivity contribution >= 4 is 29.3 Å². The average Bonchev–Trinajstić information content (AvgIpc) is 2.30. The van der Waals surface area contributed by atoms with Crippen LogP contribution in [0.4, 0.5) is 14.9 Å². The molecule has 0 radical (unpaired) electrons. The molecule has 2 unspecified atom stereocenters. The van der Waals surface area contributed by atoms with Crippen LogP contribution in [0.2, 0.25) is 5.02 Å². The molecule has 0 fully saturated rings. The number of carboxylic acids is 1. The first-order chi connectivity index (χ1) is 8.81. The van der Waals surface area contributed by atoms with Crippen LogP contribution in [0.25, 0.3) is 0 Å². The molecule has 2 amide bonds. The minimum Gasteiger partial charge on any atom is -0.480 e. The van der Waals surface area contributed by atoms with Crippen LogP contribution < -0.4 is 10.6 Å². The fourth-order valence-electron chi connectivity index (χ4n) is 1.27. The predicted octanol–water partition coefficient (Wildman–Crippen LogP) is 1.43. The van der Waals surface area contributed by atoms with Crippen LogP contribution >= 0.6 is 11.6 Å². The Morgan fingerprint density at radius 1 is 1.42 bits per heavy atom. The van der Waals surface area contributed by atoms with E-state index in [1.807, 2.05) is 0 Å². The second-order valence-electron chi connectivity index (χ2n) is 3.78. The van der Waals surface area contributed by atoms with Gasteiger partial charge in [-0.2, -0.15) is 0 Å². The van der Waals surface area contributed by atoms with Gasteiger partial charge in [-0.15, -0.1) is 0 Å². The van der Waals surface area contributed by atoms with Crippen molar-refractivity contribution in [3.63, 3.8) is 0 Å². The molecular formula is C11H12ClFN2O4. The van der Waals surface area contributed by atoms with Gasteiger partial charge in [-0.1, -0.05) is 11.6 Å². The van der Waals surface area contributed by atoms with Gasteiger partial charge in [0.2, 0.25) is 0 Å². The van der Waals surface area contributed by atoms with E-state index < -0.39 is 30.0 Å². The largest absolute Gasteiger partial charge is 0.480 e. The summed E-state index contributed by atoms with van der Waals surface area (Å²) in [6.07, 6.45) is -1.26. The van der Waals surface area contributed by atoms with Gasteiger partial charge in [0.15, 0.2) is 6.04 Å². The molecule has 6 nitrogen and oxygen atoms in total. The normalized spacial score (nSPS) is 13.5. The molecule has 1 aromatic rings. The minimum absolute atomic E-state index is 0.178. The Balaban J connectivity index is 2.69. The van der Waals surface area contributed by atoms with E-state index in [1.54, 1.807) is 0 Å². The highest BCUT2D eigenvalue weighted by molar-refractivity contribution is 6.31. The van der Waals surface area contributed by atoms with E-state index >= 15 is 0 Å². The van der Waals surface area contributed by atoms with Crippen LogP contribution in [0.3, 0.4) is 0 Å². The highest BCUT2D eigenvalue weighted by Gasteiger charge is 2.24. The summed E-state index contributed by atoms with van der Waals surface area (Å²) in [5.74, 6) is -2.01. The molecule has 0 aliphatic heterocycles.